The largest absolute Gasteiger partial charge is 0.507 e. The lowest BCUT2D eigenvalue weighted by molar-refractivity contribution is -0.137. The van der Waals surface area contributed by atoms with Crippen LogP contribution in [-0.4, -0.2) is 21.9 Å². The highest BCUT2D eigenvalue weighted by Gasteiger charge is 2.30. The quantitative estimate of drug-likeness (QED) is 0.562. The first-order valence-electron chi connectivity index (χ1n) is 8.23. The van der Waals surface area contributed by atoms with Crippen LogP contribution in [-0.2, 0) is 17.4 Å². The summed E-state index contributed by atoms with van der Waals surface area (Å²) in [5, 5.41) is 11.7. The average Bonchev–Trinajstić information content (AvgIpc) is 3.14. The third kappa shape index (κ3) is 5.11. The molecule has 3 N–H and O–H groups in total. The van der Waals surface area contributed by atoms with Gasteiger partial charge in [-0.3, -0.25) is 20.4 Å². The zero-order valence-corrected chi connectivity index (χ0v) is 15.5. The maximum absolute atomic E-state index is 12.6. The van der Waals surface area contributed by atoms with E-state index in [1.54, 1.807) is 17.5 Å². The lowest BCUT2D eigenvalue weighted by Crippen LogP contribution is -2.42. The van der Waals surface area contributed by atoms with Crippen LogP contribution in [0.15, 0.2) is 53.9 Å². The number of para-hydroxylation sites is 1. The van der Waals surface area contributed by atoms with Gasteiger partial charge < -0.3 is 5.11 Å². The molecule has 0 aliphatic heterocycles. The smallest absolute Gasteiger partial charge is 0.416 e. The molecule has 1 heterocycles. The highest BCUT2D eigenvalue weighted by atomic mass is 32.1. The minimum Gasteiger partial charge on any atom is -0.507 e. The van der Waals surface area contributed by atoms with E-state index in [0.29, 0.717) is 16.3 Å². The standard InChI is InChI=1S/C19H14F3N3O3S/c20-19(21,22)12-7-5-11(6-8-12)18-23-13(10-29-18)9-16(27)24-25-17(28)14-3-1-2-4-15(14)26/h1-8,10,26H,9H2,(H,24,27)(H,25,28). The van der Waals surface area contributed by atoms with Gasteiger partial charge in [-0.05, 0) is 24.3 Å². The van der Waals surface area contributed by atoms with Gasteiger partial charge in [-0.2, -0.15) is 13.2 Å². The van der Waals surface area contributed by atoms with Crippen molar-refractivity contribution in [2.45, 2.75) is 12.6 Å². The Morgan fingerprint density at radius 3 is 2.38 bits per heavy atom. The number of amides is 2. The summed E-state index contributed by atoms with van der Waals surface area (Å²) >= 11 is 1.19. The molecule has 150 valence electrons. The van der Waals surface area contributed by atoms with Gasteiger partial charge in [0.15, 0.2) is 0 Å². The summed E-state index contributed by atoms with van der Waals surface area (Å²) < 4.78 is 37.9. The zero-order chi connectivity index (χ0) is 21.0. The molecule has 0 bridgehead atoms. The van der Waals surface area contributed by atoms with E-state index in [9.17, 15) is 27.9 Å². The van der Waals surface area contributed by atoms with Crippen LogP contribution in [0.25, 0.3) is 10.6 Å². The van der Waals surface area contributed by atoms with Crippen LogP contribution in [0.4, 0.5) is 13.2 Å². The van der Waals surface area contributed by atoms with Crippen LogP contribution < -0.4 is 10.9 Å². The Morgan fingerprint density at radius 2 is 1.72 bits per heavy atom. The molecule has 0 fully saturated rings. The van der Waals surface area contributed by atoms with Crippen molar-refractivity contribution in [1.29, 1.82) is 0 Å². The molecule has 2 aromatic carbocycles. The second-order valence-corrected chi connectivity index (χ2v) is 6.77. The molecule has 6 nitrogen and oxygen atoms in total. The molecule has 0 aliphatic carbocycles. The van der Waals surface area contributed by atoms with Crippen LogP contribution in [0, 0.1) is 0 Å². The molecule has 2 amide bonds. The summed E-state index contributed by atoms with van der Waals surface area (Å²) in [5.41, 5.74) is 4.57. The maximum Gasteiger partial charge on any atom is 0.416 e. The van der Waals surface area contributed by atoms with E-state index < -0.39 is 23.6 Å². The molecule has 0 radical (unpaired) electrons. The fraction of sp³-hybridized carbons (Fsp3) is 0.105. The molecule has 1 aromatic heterocycles. The second kappa shape index (κ2) is 8.31. The van der Waals surface area contributed by atoms with Crippen molar-refractivity contribution in [1.82, 2.24) is 15.8 Å². The Labute approximate surface area is 167 Å². The van der Waals surface area contributed by atoms with E-state index in [4.69, 9.17) is 0 Å². The number of phenols is 1. The van der Waals surface area contributed by atoms with E-state index in [1.807, 2.05) is 0 Å². The molecule has 0 atom stereocenters. The number of nitrogens with zero attached hydrogens (tertiary/aromatic N) is 1. The van der Waals surface area contributed by atoms with Gasteiger partial charge in [-0.25, -0.2) is 4.98 Å². The van der Waals surface area contributed by atoms with Gasteiger partial charge in [0.25, 0.3) is 5.91 Å². The molecule has 0 saturated heterocycles. The summed E-state index contributed by atoms with van der Waals surface area (Å²) in [6.07, 6.45) is -4.55. The lowest BCUT2D eigenvalue weighted by atomic mass is 10.1. The molecular formula is C19H14F3N3O3S. The molecule has 0 saturated carbocycles. The van der Waals surface area contributed by atoms with Gasteiger partial charge in [0, 0.05) is 10.9 Å². The van der Waals surface area contributed by atoms with Crippen molar-refractivity contribution >= 4 is 23.2 Å². The Morgan fingerprint density at radius 1 is 1.03 bits per heavy atom. The van der Waals surface area contributed by atoms with Crippen LogP contribution >= 0.6 is 11.3 Å². The molecule has 0 aliphatic rings. The summed E-state index contributed by atoms with van der Waals surface area (Å²) in [6.45, 7) is 0. The van der Waals surface area contributed by atoms with Gasteiger partial charge in [-0.1, -0.05) is 24.3 Å². The number of rotatable bonds is 4. The first-order valence-corrected chi connectivity index (χ1v) is 9.11. The highest BCUT2D eigenvalue weighted by Crippen LogP contribution is 2.31. The normalized spacial score (nSPS) is 11.1. The number of carbonyl (C=O) groups is 2. The van der Waals surface area contributed by atoms with Gasteiger partial charge in [-0.15, -0.1) is 11.3 Å². The van der Waals surface area contributed by atoms with E-state index in [-0.39, 0.29) is 17.7 Å². The van der Waals surface area contributed by atoms with E-state index in [2.05, 4.69) is 15.8 Å². The van der Waals surface area contributed by atoms with Gasteiger partial charge in [0.1, 0.15) is 10.8 Å². The van der Waals surface area contributed by atoms with Crippen LogP contribution in [0.5, 0.6) is 5.75 Å². The van der Waals surface area contributed by atoms with Gasteiger partial charge >= 0.3 is 6.18 Å². The van der Waals surface area contributed by atoms with E-state index in [1.165, 1.54) is 35.6 Å². The molecule has 29 heavy (non-hydrogen) atoms. The number of hydrogen-bond acceptors (Lipinski definition) is 5. The molecule has 10 heteroatoms. The number of phenolic OH excluding ortho intramolecular Hbond substituents is 1. The van der Waals surface area contributed by atoms with Crippen molar-refractivity contribution in [2.75, 3.05) is 0 Å². The lowest BCUT2D eigenvalue weighted by Gasteiger charge is -2.07. The molecular weight excluding hydrogens is 407 g/mol. The number of hydrogen-bond donors (Lipinski definition) is 3. The first kappa shape index (κ1) is 20.3. The zero-order valence-electron chi connectivity index (χ0n) is 14.7. The van der Waals surface area contributed by atoms with Crippen molar-refractivity contribution in [3.8, 4) is 16.3 Å². The Balaban J connectivity index is 1.58. The maximum atomic E-state index is 12.6. The van der Waals surface area contributed by atoms with Gasteiger partial charge in [0.2, 0.25) is 5.91 Å². The number of benzene rings is 2. The van der Waals surface area contributed by atoms with Crippen molar-refractivity contribution in [3.05, 3.63) is 70.7 Å². The minimum absolute atomic E-state index is 0.00560. The topological polar surface area (TPSA) is 91.3 Å². The monoisotopic (exact) mass is 421 g/mol. The van der Waals surface area contributed by atoms with Crippen LogP contribution in [0.3, 0.4) is 0 Å². The number of thiazole rings is 1. The number of aromatic hydroxyl groups is 1. The fourth-order valence-corrected chi connectivity index (χ4v) is 3.22. The molecule has 3 rings (SSSR count). The fourth-order valence-electron chi connectivity index (χ4n) is 2.39. The number of hydrazine groups is 1. The number of halogens is 3. The predicted molar refractivity (Wildman–Crippen MR) is 100.0 cm³/mol. The summed E-state index contributed by atoms with van der Waals surface area (Å²) in [5.74, 6) is -1.45. The van der Waals surface area contributed by atoms with Crippen LogP contribution in [0.1, 0.15) is 21.6 Å². The average molecular weight is 421 g/mol. The minimum atomic E-state index is -4.41. The van der Waals surface area contributed by atoms with E-state index >= 15 is 0 Å². The SMILES string of the molecule is O=C(Cc1csc(-c2ccc(C(F)(F)F)cc2)n1)NNC(=O)c1ccccc1O. The Kier molecular flexibility index (Phi) is 5.83. The Hall–Kier alpha value is -3.40. The summed E-state index contributed by atoms with van der Waals surface area (Å²) in [4.78, 5) is 28.2. The Bertz CT molecular complexity index is 1030. The van der Waals surface area contributed by atoms with Crippen molar-refractivity contribution in [2.24, 2.45) is 0 Å². The van der Waals surface area contributed by atoms with Gasteiger partial charge in [0.05, 0.1) is 23.2 Å². The number of alkyl halides is 3. The highest BCUT2D eigenvalue weighted by molar-refractivity contribution is 7.13. The molecule has 0 spiro atoms. The van der Waals surface area contributed by atoms with Crippen molar-refractivity contribution in [3.63, 3.8) is 0 Å². The number of nitrogens with one attached hydrogen (secondary N) is 2. The predicted octanol–water partition coefficient (Wildman–Crippen LogP) is 3.54. The van der Waals surface area contributed by atoms with Crippen LogP contribution in [0.2, 0.25) is 0 Å². The first-order chi connectivity index (χ1) is 13.7. The van der Waals surface area contributed by atoms with E-state index in [0.717, 1.165) is 12.1 Å². The summed E-state index contributed by atoms with van der Waals surface area (Å²) in [7, 11) is 0. The third-order valence-corrected chi connectivity index (χ3v) is 4.76. The number of aromatic nitrogens is 1. The molecule has 3 aromatic rings. The van der Waals surface area contributed by atoms with Crippen molar-refractivity contribution < 1.29 is 27.9 Å². The third-order valence-electron chi connectivity index (χ3n) is 3.82. The number of carbonyl (C=O) groups excluding carboxylic acids is 2. The second-order valence-electron chi connectivity index (χ2n) is 5.92. The summed E-state index contributed by atoms with van der Waals surface area (Å²) in [6, 6.07) is 10.4. The molecule has 0 unspecified atom stereocenters.